The molecule has 0 bridgehead atoms. The number of H-pyrrole nitrogens is 2. The number of benzene rings is 3. The number of nitrogens with one attached hydrogen (secondary N) is 3. The van der Waals surface area contributed by atoms with Crippen LogP contribution in [0, 0.1) is 17.0 Å². The van der Waals surface area contributed by atoms with Gasteiger partial charge < -0.3 is 5.32 Å². The van der Waals surface area contributed by atoms with Gasteiger partial charge in [-0.2, -0.15) is 5.10 Å². The number of aromatic nitrogens is 4. The number of hydrogen-bond donors (Lipinski definition) is 3. The second-order valence-electron chi connectivity index (χ2n) is 8.83. The molecule has 2 aromatic heterocycles. The Morgan fingerprint density at radius 1 is 0.892 bits per heavy atom. The van der Waals surface area contributed by atoms with Gasteiger partial charge in [-0.25, -0.2) is 9.48 Å². The van der Waals surface area contributed by atoms with Crippen molar-refractivity contribution in [1.29, 1.82) is 0 Å². The molecule has 0 amide bonds. The minimum Gasteiger partial charge on any atom is -0.326 e. The molecule has 37 heavy (non-hydrogen) atoms. The van der Waals surface area contributed by atoms with Crippen LogP contribution < -0.4 is 16.6 Å². The molecule has 0 saturated carbocycles. The van der Waals surface area contributed by atoms with E-state index >= 15 is 0 Å². The van der Waals surface area contributed by atoms with Crippen LogP contribution in [0.2, 0.25) is 0 Å². The molecule has 0 aliphatic carbocycles. The molecule has 0 spiro atoms. The summed E-state index contributed by atoms with van der Waals surface area (Å²) in [5.41, 5.74) is 3.93. The van der Waals surface area contributed by atoms with Crippen molar-refractivity contribution in [3.63, 3.8) is 0 Å². The molecule has 0 fully saturated rings. The van der Waals surface area contributed by atoms with Crippen molar-refractivity contribution < 1.29 is 4.92 Å². The molecule has 10 nitrogen and oxygen atoms in total. The van der Waals surface area contributed by atoms with E-state index in [1.54, 1.807) is 16.8 Å². The molecule has 1 aliphatic rings. The lowest BCUT2D eigenvalue weighted by Crippen LogP contribution is -2.32. The third kappa shape index (κ3) is 3.71. The highest BCUT2D eigenvalue weighted by atomic mass is 16.6. The quantitative estimate of drug-likeness (QED) is 0.247. The van der Waals surface area contributed by atoms with E-state index in [9.17, 15) is 19.7 Å². The van der Waals surface area contributed by atoms with Gasteiger partial charge in [-0.15, -0.1) is 0 Å². The van der Waals surface area contributed by atoms with E-state index in [0.717, 1.165) is 22.3 Å². The SMILES string of the molecule is Cc1ccc(C2c3c(-c4ccccc4)nn(-c4ccc([N+](=O)[O-])cc4)c3Nc3[nH]c(=O)[nH]c(=O)c32)cc1. The van der Waals surface area contributed by atoms with Gasteiger partial charge in [0.2, 0.25) is 0 Å². The van der Waals surface area contributed by atoms with Crippen LogP contribution in [0.15, 0.2) is 88.5 Å². The summed E-state index contributed by atoms with van der Waals surface area (Å²) in [5, 5.41) is 19.3. The van der Waals surface area contributed by atoms with Gasteiger partial charge in [-0.3, -0.25) is 24.9 Å². The lowest BCUT2D eigenvalue weighted by atomic mass is 9.82. The normalized spacial score (nSPS) is 13.9. The highest BCUT2D eigenvalue weighted by Gasteiger charge is 2.37. The molecular formula is C27H20N6O4. The fourth-order valence-corrected chi connectivity index (χ4v) is 4.76. The topological polar surface area (TPSA) is 139 Å². The Labute approximate surface area is 209 Å². The molecule has 1 unspecified atom stereocenters. The van der Waals surface area contributed by atoms with Crippen molar-refractivity contribution in [2.75, 3.05) is 5.32 Å². The Kier molecular flexibility index (Phi) is 5.08. The Balaban J connectivity index is 1.68. The van der Waals surface area contributed by atoms with Crippen molar-refractivity contribution in [2.24, 2.45) is 0 Å². The Morgan fingerprint density at radius 2 is 1.59 bits per heavy atom. The maximum Gasteiger partial charge on any atom is 0.327 e. The number of nitro groups is 1. The molecule has 5 aromatic rings. The minimum absolute atomic E-state index is 0.0419. The van der Waals surface area contributed by atoms with Crippen LogP contribution in [0.3, 0.4) is 0 Å². The van der Waals surface area contributed by atoms with E-state index in [2.05, 4.69) is 15.3 Å². The van der Waals surface area contributed by atoms with Gasteiger partial charge in [-0.05, 0) is 24.6 Å². The minimum atomic E-state index is -0.632. The van der Waals surface area contributed by atoms with Gasteiger partial charge in [0.25, 0.3) is 11.2 Å². The highest BCUT2D eigenvalue weighted by molar-refractivity contribution is 5.81. The van der Waals surface area contributed by atoms with Gasteiger partial charge in [0, 0.05) is 29.2 Å². The zero-order chi connectivity index (χ0) is 25.7. The van der Waals surface area contributed by atoms with Crippen molar-refractivity contribution in [2.45, 2.75) is 12.8 Å². The Hall–Kier alpha value is -5.25. The number of aryl methyl sites for hydroxylation is 1. The predicted molar refractivity (Wildman–Crippen MR) is 139 cm³/mol. The lowest BCUT2D eigenvalue weighted by Gasteiger charge is -2.27. The number of nitro benzene ring substituents is 1. The summed E-state index contributed by atoms with van der Waals surface area (Å²) in [6.45, 7) is 1.98. The first-order chi connectivity index (χ1) is 17.9. The molecule has 0 saturated heterocycles. The smallest absolute Gasteiger partial charge is 0.326 e. The molecule has 10 heteroatoms. The number of nitrogens with zero attached hydrogens (tertiary/aromatic N) is 3. The molecule has 0 radical (unpaired) electrons. The average Bonchev–Trinajstić information content (AvgIpc) is 3.27. The second kappa shape index (κ2) is 8.45. The van der Waals surface area contributed by atoms with E-state index in [4.69, 9.17) is 5.10 Å². The van der Waals surface area contributed by atoms with E-state index in [-0.39, 0.29) is 11.5 Å². The zero-order valence-corrected chi connectivity index (χ0v) is 19.6. The standard InChI is InChI=1S/C27H20N6O4/c1-15-7-9-16(10-8-15)20-21-23(17-5-3-2-4-6-17)31-32(18-11-13-19(14-12-18)33(36)37)25(21)28-24-22(20)26(34)30-27(35)29-24/h2-14,20H,1H3,(H3,28,29,30,34,35). The molecule has 6 rings (SSSR count). The highest BCUT2D eigenvalue weighted by Crippen LogP contribution is 2.47. The van der Waals surface area contributed by atoms with Gasteiger partial charge in [0.15, 0.2) is 0 Å². The van der Waals surface area contributed by atoms with Crippen molar-refractivity contribution in [3.8, 4) is 16.9 Å². The van der Waals surface area contributed by atoms with E-state index < -0.39 is 22.1 Å². The second-order valence-corrected chi connectivity index (χ2v) is 8.83. The van der Waals surface area contributed by atoms with Gasteiger partial charge >= 0.3 is 5.69 Å². The molecular weight excluding hydrogens is 472 g/mol. The van der Waals surface area contributed by atoms with Crippen LogP contribution >= 0.6 is 0 Å². The maximum absolute atomic E-state index is 13.2. The number of non-ortho nitro benzene ring substituents is 1. The summed E-state index contributed by atoms with van der Waals surface area (Å²) in [6.07, 6.45) is 0. The summed E-state index contributed by atoms with van der Waals surface area (Å²) in [5.74, 6) is 0.274. The number of fused-ring (bicyclic) bond motifs is 2. The van der Waals surface area contributed by atoms with Gasteiger partial charge in [-0.1, -0.05) is 60.2 Å². The summed E-state index contributed by atoms with van der Waals surface area (Å²) >= 11 is 0. The van der Waals surface area contributed by atoms with Crippen LogP contribution in [-0.2, 0) is 0 Å². The Morgan fingerprint density at radius 3 is 2.27 bits per heavy atom. The molecule has 3 aromatic carbocycles. The molecule has 3 heterocycles. The molecule has 1 aliphatic heterocycles. The van der Waals surface area contributed by atoms with Crippen LogP contribution in [-0.4, -0.2) is 24.7 Å². The summed E-state index contributed by atoms with van der Waals surface area (Å²) < 4.78 is 1.64. The average molecular weight is 492 g/mol. The third-order valence-electron chi connectivity index (χ3n) is 6.49. The maximum atomic E-state index is 13.2. The summed E-state index contributed by atoms with van der Waals surface area (Å²) in [7, 11) is 0. The summed E-state index contributed by atoms with van der Waals surface area (Å²) in [6, 6.07) is 23.5. The fourth-order valence-electron chi connectivity index (χ4n) is 4.76. The zero-order valence-electron chi connectivity index (χ0n) is 19.6. The van der Waals surface area contributed by atoms with Crippen molar-refractivity contribution >= 4 is 17.3 Å². The first-order valence-electron chi connectivity index (χ1n) is 11.5. The number of anilines is 2. The summed E-state index contributed by atoms with van der Waals surface area (Å²) in [4.78, 5) is 41.2. The van der Waals surface area contributed by atoms with E-state index in [0.29, 0.717) is 22.8 Å². The first-order valence-corrected chi connectivity index (χ1v) is 11.5. The fraction of sp³-hybridized carbons (Fsp3) is 0.0741. The largest absolute Gasteiger partial charge is 0.327 e. The van der Waals surface area contributed by atoms with Crippen molar-refractivity contribution in [3.05, 3.63) is 132 Å². The Bertz CT molecular complexity index is 1770. The third-order valence-corrected chi connectivity index (χ3v) is 6.49. The number of aromatic amines is 2. The van der Waals surface area contributed by atoms with Crippen LogP contribution in [0.4, 0.5) is 17.3 Å². The first kappa shape index (κ1) is 22.2. The molecule has 182 valence electrons. The van der Waals surface area contributed by atoms with Crippen LogP contribution in [0.1, 0.15) is 28.2 Å². The predicted octanol–water partition coefficient (Wildman–Crippen LogP) is 4.37. The number of rotatable bonds is 4. The van der Waals surface area contributed by atoms with E-state index in [1.165, 1.54) is 12.1 Å². The van der Waals surface area contributed by atoms with Gasteiger partial charge in [0.1, 0.15) is 11.6 Å². The number of hydrogen-bond acceptors (Lipinski definition) is 6. The monoisotopic (exact) mass is 492 g/mol. The molecule has 3 N–H and O–H groups in total. The van der Waals surface area contributed by atoms with Crippen LogP contribution in [0.25, 0.3) is 16.9 Å². The van der Waals surface area contributed by atoms with Crippen LogP contribution in [0.5, 0.6) is 0 Å². The van der Waals surface area contributed by atoms with Gasteiger partial charge in [0.05, 0.1) is 21.9 Å². The molecule has 1 atom stereocenters. The lowest BCUT2D eigenvalue weighted by molar-refractivity contribution is -0.384. The van der Waals surface area contributed by atoms with Crippen molar-refractivity contribution in [1.82, 2.24) is 19.7 Å². The van der Waals surface area contributed by atoms with E-state index in [1.807, 2.05) is 61.5 Å².